The summed E-state index contributed by atoms with van der Waals surface area (Å²) >= 11 is 0. The van der Waals surface area contributed by atoms with Crippen LogP contribution < -0.4 is 4.74 Å². The number of carbonyl (C=O) groups is 1. The summed E-state index contributed by atoms with van der Waals surface area (Å²) in [4.78, 5) is 11.8. The summed E-state index contributed by atoms with van der Waals surface area (Å²) in [6.07, 6.45) is -2.47. The highest BCUT2D eigenvalue weighted by Crippen LogP contribution is 2.46. The van der Waals surface area contributed by atoms with Gasteiger partial charge in [0.05, 0.1) is 17.6 Å². The normalized spacial score (nSPS) is 16.0. The number of ether oxygens (including phenoxy) is 1. The van der Waals surface area contributed by atoms with Crippen LogP contribution >= 0.6 is 0 Å². The highest BCUT2D eigenvalue weighted by Gasteiger charge is 2.46. The molecule has 1 fully saturated rings. The minimum Gasteiger partial charge on any atom is -0.494 e. The molecule has 1 saturated carbocycles. The van der Waals surface area contributed by atoms with Crippen molar-refractivity contribution >= 4 is 5.97 Å². The van der Waals surface area contributed by atoms with Crippen molar-refractivity contribution in [2.45, 2.75) is 37.8 Å². The van der Waals surface area contributed by atoms with E-state index in [4.69, 9.17) is 4.74 Å². The van der Waals surface area contributed by atoms with Gasteiger partial charge in [-0.15, -0.1) is 0 Å². The minimum atomic E-state index is -4.39. The molecule has 0 atom stereocenters. The fourth-order valence-electron chi connectivity index (χ4n) is 3.30. The third kappa shape index (κ3) is 3.28. The van der Waals surface area contributed by atoms with E-state index in [1.807, 2.05) is 6.92 Å². The predicted molar refractivity (Wildman–Crippen MR) is 91.2 cm³/mol. The molecule has 1 aliphatic carbocycles. The fraction of sp³-hybridized carbons (Fsp3) is 0.350. The Hall–Kier alpha value is -2.50. The minimum absolute atomic E-state index is 0.413. The standard InChI is InChI=1S/C20H19F3O3/c1-2-26-17-11-14(13-4-6-15(7-5-13)20(21,22)23)10-16(12-17)19(18(24)25)8-3-9-19/h4-7,10-12H,2-3,8-9H2,1H3,(H,24,25). The van der Waals surface area contributed by atoms with Crippen LogP contribution in [0.3, 0.4) is 0 Å². The lowest BCUT2D eigenvalue weighted by Crippen LogP contribution is -2.42. The first-order valence-electron chi connectivity index (χ1n) is 8.46. The number of benzene rings is 2. The number of rotatable bonds is 5. The molecule has 26 heavy (non-hydrogen) atoms. The summed E-state index contributed by atoms with van der Waals surface area (Å²) in [7, 11) is 0. The average Bonchev–Trinajstić information content (AvgIpc) is 2.53. The SMILES string of the molecule is CCOc1cc(-c2ccc(C(F)(F)F)cc2)cc(C2(C(=O)O)CCC2)c1. The maximum Gasteiger partial charge on any atom is 0.416 e. The number of carboxylic acid groups (broad SMARTS) is 1. The lowest BCUT2D eigenvalue weighted by molar-refractivity contribution is -0.147. The van der Waals surface area contributed by atoms with Crippen LogP contribution in [0.25, 0.3) is 11.1 Å². The smallest absolute Gasteiger partial charge is 0.416 e. The topological polar surface area (TPSA) is 46.5 Å². The van der Waals surface area contributed by atoms with Gasteiger partial charge in [0, 0.05) is 0 Å². The van der Waals surface area contributed by atoms with Crippen molar-refractivity contribution in [2.24, 2.45) is 0 Å². The molecular formula is C20H19F3O3. The van der Waals surface area contributed by atoms with E-state index < -0.39 is 23.1 Å². The Bertz CT molecular complexity index is 806. The Morgan fingerprint density at radius 2 is 1.77 bits per heavy atom. The Morgan fingerprint density at radius 1 is 1.12 bits per heavy atom. The molecular weight excluding hydrogens is 345 g/mol. The second-order valence-electron chi connectivity index (χ2n) is 6.50. The van der Waals surface area contributed by atoms with Crippen molar-refractivity contribution in [3.63, 3.8) is 0 Å². The van der Waals surface area contributed by atoms with Crippen LogP contribution in [0.5, 0.6) is 5.75 Å². The van der Waals surface area contributed by atoms with Crippen LogP contribution in [0, 0.1) is 0 Å². The van der Waals surface area contributed by atoms with Crippen LogP contribution in [0.2, 0.25) is 0 Å². The van der Waals surface area contributed by atoms with E-state index in [1.165, 1.54) is 12.1 Å². The van der Waals surface area contributed by atoms with Crippen molar-refractivity contribution < 1.29 is 27.8 Å². The molecule has 0 spiro atoms. The molecule has 2 aromatic rings. The summed E-state index contributed by atoms with van der Waals surface area (Å²) in [5.41, 5.74) is 0.210. The second-order valence-corrected chi connectivity index (χ2v) is 6.50. The number of aliphatic carboxylic acids is 1. The fourth-order valence-corrected chi connectivity index (χ4v) is 3.30. The predicted octanol–water partition coefficient (Wildman–Crippen LogP) is 5.28. The third-order valence-electron chi connectivity index (χ3n) is 4.93. The van der Waals surface area contributed by atoms with Gasteiger partial charge in [-0.1, -0.05) is 18.6 Å². The molecule has 2 aromatic carbocycles. The summed E-state index contributed by atoms with van der Waals surface area (Å²) in [5, 5.41) is 9.68. The van der Waals surface area contributed by atoms with Crippen molar-refractivity contribution in [3.8, 4) is 16.9 Å². The number of carboxylic acids is 1. The molecule has 138 valence electrons. The molecule has 0 amide bonds. The molecule has 0 aliphatic heterocycles. The second kappa shape index (κ2) is 6.67. The Balaban J connectivity index is 2.05. The van der Waals surface area contributed by atoms with Crippen LogP contribution in [-0.2, 0) is 16.4 Å². The average molecular weight is 364 g/mol. The molecule has 1 aliphatic rings. The molecule has 6 heteroatoms. The quantitative estimate of drug-likeness (QED) is 0.785. The van der Waals surface area contributed by atoms with E-state index in [0.717, 1.165) is 18.6 Å². The first-order valence-corrected chi connectivity index (χ1v) is 8.46. The van der Waals surface area contributed by atoms with Crippen molar-refractivity contribution in [1.29, 1.82) is 0 Å². The van der Waals surface area contributed by atoms with E-state index in [1.54, 1.807) is 18.2 Å². The third-order valence-corrected chi connectivity index (χ3v) is 4.93. The molecule has 0 bridgehead atoms. The van der Waals surface area contributed by atoms with E-state index in [0.29, 0.717) is 41.9 Å². The first-order chi connectivity index (χ1) is 12.3. The summed E-state index contributed by atoms with van der Waals surface area (Å²) in [6, 6.07) is 10.0. The van der Waals surface area contributed by atoms with Gasteiger partial charge in [0.1, 0.15) is 5.75 Å². The maximum atomic E-state index is 12.8. The molecule has 0 radical (unpaired) electrons. The van der Waals surface area contributed by atoms with E-state index in [-0.39, 0.29) is 0 Å². The molecule has 0 saturated heterocycles. The lowest BCUT2D eigenvalue weighted by atomic mass is 9.64. The van der Waals surface area contributed by atoms with Gasteiger partial charge in [0.15, 0.2) is 0 Å². The Labute approximate surface area is 149 Å². The van der Waals surface area contributed by atoms with Crippen molar-refractivity contribution in [2.75, 3.05) is 6.61 Å². The van der Waals surface area contributed by atoms with Crippen LogP contribution in [-0.4, -0.2) is 17.7 Å². The molecule has 0 aromatic heterocycles. The van der Waals surface area contributed by atoms with Gasteiger partial charge in [0.2, 0.25) is 0 Å². The Kier molecular flexibility index (Phi) is 4.69. The molecule has 3 rings (SSSR count). The zero-order valence-electron chi connectivity index (χ0n) is 14.3. The highest BCUT2D eigenvalue weighted by molar-refractivity contribution is 5.84. The number of alkyl halides is 3. The van der Waals surface area contributed by atoms with Gasteiger partial charge in [-0.25, -0.2) is 0 Å². The highest BCUT2D eigenvalue weighted by atomic mass is 19.4. The van der Waals surface area contributed by atoms with Crippen molar-refractivity contribution in [1.82, 2.24) is 0 Å². The van der Waals surface area contributed by atoms with Crippen LogP contribution in [0.1, 0.15) is 37.3 Å². The van der Waals surface area contributed by atoms with E-state index in [2.05, 4.69) is 0 Å². The molecule has 1 N–H and O–H groups in total. The van der Waals surface area contributed by atoms with E-state index in [9.17, 15) is 23.1 Å². The zero-order chi connectivity index (χ0) is 18.9. The maximum absolute atomic E-state index is 12.8. The summed E-state index contributed by atoms with van der Waals surface area (Å²) in [6.45, 7) is 2.23. The van der Waals surface area contributed by atoms with Gasteiger partial charge in [-0.3, -0.25) is 4.79 Å². The van der Waals surface area contributed by atoms with Gasteiger partial charge >= 0.3 is 12.1 Å². The number of hydrogen-bond donors (Lipinski definition) is 1. The van der Waals surface area contributed by atoms with Gasteiger partial charge in [0.25, 0.3) is 0 Å². The molecule has 0 unspecified atom stereocenters. The summed E-state index contributed by atoms with van der Waals surface area (Å²) in [5.74, 6) is -0.358. The first kappa shape index (κ1) is 18.3. The van der Waals surface area contributed by atoms with E-state index >= 15 is 0 Å². The lowest BCUT2D eigenvalue weighted by Gasteiger charge is -2.38. The molecule has 3 nitrogen and oxygen atoms in total. The summed E-state index contributed by atoms with van der Waals surface area (Å²) < 4.78 is 43.8. The molecule has 0 heterocycles. The zero-order valence-corrected chi connectivity index (χ0v) is 14.3. The number of halogens is 3. The van der Waals surface area contributed by atoms with Crippen molar-refractivity contribution in [3.05, 3.63) is 53.6 Å². The van der Waals surface area contributed by atoms with Gasteiger partial charge < -0.3 is 9.84 Å². The van der Waals surface area contributed by atoms with Crippen LogP contribution in [0.15, 0.2) is 42.5 Å². The van der Waals surface area contributed by atoms with Gasteiger partial charge in [-0.05, 0) is 66.8 Å². The monoisotopic (exact) mass is 364 g/mol. The Morgan fingerprint density at radius 3 is 2.23 bits per heavy atom. The largest absolute Gasteiger partial charge is 0.494 e. The number of hydrogen-bond acceptors (Lipinski definition) is 2. The van der Waals surface area contributed by atoms with Crippen LogP contribution in [0.4, 0.5) is 13.2 Å². The van der Waals surface area contributed by atoms with Gasteiger partial charge in [-0.2, -0.15) is 13.2 Å².